The monoisotopic (exact) mass is 341 g/mol. The van der Waals surface area contributed by atoms with Crippen LogP contribution in [0.25, 0.3) is 0 Å². The van der Waals surface area contributed by atoms with Gasteiger partial charge in [0.05, 0.1) is 0 Å². The first-order valence-electron chi connectivity index (χ1n) is 7.06. The van der Waals surface area contributed by atoms with Gasteiger partial charge in [0.15, 0.2) is 0 Å². The van der Waals surface area contributed by atoms with Gasteiger partial charge >= 0.3 is 0 Å². The maximum atomic E-state index is 12.1. The van der Waals surface area contributed by atoms with Gasteiger partial charge in [-0.3, -0.25) is 4.79 Å². The van der Waals surface area contributed by atoms with Crippen molar-refractivity contribution >= 4 is 21.8 Å². The number of rotatable bonds is 7. The number of carbonyl (C=O) groups excluding carboxylic acids is 1. The number of aromatic nitrogens is 1. The molecule has 1 atom stereocenters. The Labute approximate surface area is 130 Å². The second-order valence-electron chi connectivity index (χ2n) is 5.16. The third-order valence-electron chi connectivity index (χ3n) is 3.68. The first-order chi connectivity index (χ1) is 9.49. The van der Waals surface area contributed by atoms with Crippen molar-refractivity contribution in [2.24, 2.45) is 5.92 Å². The summed E-state index contributed by atoms with van der Waals surface area (Å²) >= 11 is 3.28. The fraction of sp³-hybridized carbons (Fsp3) is 0.600. The molecule has 0 radical (unpaired) electrons. The van der Waals surface area contributed by atoms with Crippen molar-refractivity contribution in [2.45, 2.75) is 32.7 Å². The van der Waals surface area contributed by atoms with Gasteiger partial charge in [0.2, 0.25) is 0 Å². The van der Waals surface area contributed by atoms with Crippen molar-refractivity contribution in [3.05, 3.63) is 28.5 Å². The number of halogens is 1. The van der Waals surface area contributed by atoms with Gasteiger partial charge in [-0.15, -0.1) is 0 Å². The highest BCUT2D eigenvalue weighted by Crippen LogP contribution is 2.16. The number of nitrogens with one attached hydrogen (secondary N) is 1. The van der Waals surface area contributed by atoms with E-state index in [4.69, 9.17) is 0 Å². The molecule has 1 rings (SSSR count). The molecule has 1 aromatic heterocycles. The van der Waals surface area contributed by atoms with Crippen molar-refractivity contribution in [2.75, 3.05) is 20.6 Å². The Morgan fingerprint density at radius 1 is 1.35 bits per heavy atom. The van der Waals surface area contributed by atoms with E-state index in [1.807, 2.05) is 12.1 Å². The van der Waals surface area contributed by atoms with Gasteiger partial charge in [-0.05, 0) is 48.1 Å². The van der Waals surface area contributed by atoms with Crippen LogP contribution in [0, 0.1) is 5.92 Å². The van der Waals surface area contributed by atoms with E-state index < -0.39 is 0 Å². The molecule has 20 heavy (non-hydrogen) atoms. The molecule has 0 aromatic carbocycles. The minimum Gasteiger partial charge on any atom is -0.349 e. The van der Waals surface area contributed by atoms with Crippen molar-refractivity contribution in [3.63, 3.8) is 0 Å². The zero-order valence-corrected chi connectivity index (χ0v) is 14.3. The standard InChI is InChI=1S/C15H24BrN3O/c1-5-11(6-2)13(19(3)4)10-17-15(20)12-8-7-9-14(16)18-12/h7-9,11,13H,5-6,10H2,1-4H3,(H,17,20). The molecule has 1 amide bonds. The molecule has 0 aliphatic rings. The van der Waals surface area contributed by atoms with Gasteiger partial charge in [-0.2, -0.15) is 0 Å². The molecule has 0 saturated carbocycles. The SMILES string of the molecule is CCC(CC)C(CNC(=O)c1cccc(Br)n1)N(C)C. The number of amides is 1. The van der Waals surface area contributed by atoms with E-state index in [0.717, 1.165) is 12.8 Å². The minimum absolute atomic E-state index is 0.121. The van der Waals surface area contributed by atoms with Gasteiger partial charge in [-0.1, -0.05) is 32.8 Å². The van der Waals surface area contributed by atoms with Crippen molar-refractivity contribution < 1.29 is 4.79 Å². The van der Waals surface area contributed by atoms with Crippen LogP contribution in [0.4, 0.5) is 0 Å². The fourth-order valence-electron chi connectivity index (χ4n) is 2.43. The highest BCUT2D eigenvalue weighted by atomic mass is 79.9. The van der Waals surface area contributed by atoms with Crippen LogP contribution in [0.1, 0.15) is 37.2 Å². The molecule has 0 aliphatic carbocycles. The molecular weight excluding hydrogens is 318 g/mol. The summed E-state index contributed by atoms with van der Waals surface area (Å²) in [6.07, 6.45) is 2.23. The molecule has 5 heteroatoms. The number of pyridine rings is 1. The summed E-state index contributed by atoms with van der Waals surface area (Å²) in [5.74, 6) is 0.463. The summed E-state index contributed by atoms with van der Waals surface area (Å²) in [6, 6.07) is 5.70. The van der Waals surface area contributed by atoms with E-state index in [1.165, 1.54) is 0 Å². The van der Waals surface area contributed by atoms with Gasteiger partial charge in [0.1, 0.15) is 10.3 Å². The lowest BCUT2D eigenvalue weighted by atomic mass is 9.93. The molecule has 1 N–H and O–H groups in total. The van der Waals surface area contributed by atoms with Crippen molar-refractivity contribution in [1.82, 2.24) is 15.2 Å². The Balaban J connectivity index is 2.65. The van der Waals surface area contributed by atoms with E-state index >= 15 is 0 Å². The fourth-order valence-corrected chi connectivity index (χ4v) is 2.77. The zero-order chi connectivity index (χ0) is 15.1. The molecule has 1 heterocycles. The molecular formula is C15H24BrN3O. The average molecular weight is 342 g/mol. The lowest BCUT2D eigenvalue weighted by Crippen LogP contribution is -2.44. The quantitative estimate of drug-likeness (QED) is 0.775. The van der Waals surface area contributed by atoms with Crippen LogP contribution >= 0.6 is 15.9 Å². The van der Waals surface area contributed by atoms with E-state index in [0.29, 0.717) is 28.8 Å². The van der Waals surface area contributed by atoms with Crippen LogP contribution in [0.3, 0.4) is 0 Å². The second kappa shape index (κ2) is 8.37. The highest BCUT2D eigenvalue weighted by molar-refractivity contribution is 9.10. The van der Waals surface area contributed by atoms with E-state index in [2.05, 4.69) is 59.1 Å². The highest BCUT2D eigenvalue weighted by Gasteiger charge is 2.21. The minimum atomic E-state index is -0.121. The summed E-state index contributed by atoms with van der Waals surface area (Å²) in [5.41, 5.74) is 0.446. The van der Waals surface area contributed by atoms with Gasteiger partial charge in [0, 0.05) is 12.6 Å². The normalized spacial score (nSPS) is 12.8. The Morgan fingerprint density at radius 3 is 2.50 bits per heavy atom. The van der Waals surface area contributed by atoms with Crippen molar-refractivity contribution in [3.8, 4) is 0 Å². The molecule has 0 fully saturated rings. The molecule has 0 spiro atoms. The smallest absolute Gasteiger partial charge is 0.269 e. The molecule has 112 valence electrons. The molecule has 1 aromatic rings. The lowest BCUT2D eigenvalue weighted by molar-refractivity contribution is 0.0923. The first-order valence-corrected chi connectivity index (χ1v) is 7.86. The van der Waals surface area contributed by atoms with Gasteiger partial charge < -0.3 is 10.2 Å². The third kappa shape index (κ3) is 4.87. The number of hydrogen-bond acceptors (Lipinski definition) is 3. The summed E-state index contributed by atoms with van der Waals surface area (Å²) in [7, 11) is 4.12. The first kappa shape index (κ1) is 17.1. The number of carbonyl (C=O) groups is 1. The zero-order valence-electron chi connectivity index (χ0n) is 12.7. The number of nitrogens with zero attached hydrogens (tertiary/aromatic N) is 2. The van der Waals surface area contributed by atoms with Crippen LogP contribution in [0.15, 0.2) is 22.8 Å². The summed E-state index contributed by atoms with van der Waals surface area (Å²) < 4.78 is 0.675. The predicted octanol–water partition coefficient (Wildman–Crippen LogP) is 2.94. The number of likely N-dealkylation sites (N-methyl/N-ethyl adjacent to an activating group) is 1. The predicted molar refractivity (Wildman–Crippen MR) is 85.8 cm³/mol. The Hall–Kier alpha value is -0.940. The molecule has 1 unspecified atom stereocenters. The molecule has 4 nitrogen and oxygen atoms in total. The topological polar surface area (TPSA) is 45.2 Å². The summed E-state index contributed by atoms with van der Waals surface area (Å²) in [4.78, 5) is 18.5. The third-order valence-corrected chi connectivity index (χ3v) is 4.12. The van der Waals surface area contributed by atoms with Crippen LogP contribution in [-0.4, -0.2) is 42.5 Å². The summed E-state index contributed by atoms with van der Waals surface area (Å²) in [5, 5.41) is 2.99. The van der Waals surface area contributed by atoms with Crippen LogP contribution in [0.5, 0.6) is 0 Å². The van der Waals surface area contributed by atoms with Crippen molar-refractivity contribution in [1.29, 1.82) is 0 Å². The largest absolute Gasteiger partial charge is 0.349 e. The Bertz CT molecular complexity index is 433. The second-order valence-corrected chi connectivity index (χ2v) is 5.98. The van der Waals surface area contributed by atoms with E-state index in [1.54, 1.807) is 6.07 Å². The summed E-state index contributed by atoms with van der Waals surface area (Å²) in [6.45, 7) is 5.04. The Kier molecular flexibility index (Phi) is 7.16. The van der Waals surface area contributed by atoms with Crippen LogP contribution in [-0.2, 0) is 0 Å². The maximum absolute atomic E-state index is 12.1. The van der Waals surface area contributed by atoms with Crippen LogP contribution < -0.4 is 5.32 Å². The molecule has 0 aliphatic heterocycles. The van der Waals surface area contributed by atoms with Crippen LogP contribution in [0.2, 0.25) is 0 Å². The Morgan fingerprint density at radius 2 is 2.00 bits per heavy atom. The lowest BCUT2D eigenvalue weighted by Gasteiger charge is -2.31. The van der Waals surface area contributed by atoms with Gasteiger partial charge in [-0.25, -0.2) is 4.98 Å². The number of hydrogen-bond donors (Lipinski definition) is 1. The maximum Gasteiger partial charge on any atom is 0.269 e. The molecule has 0 saturated heterocycles. The van der Waals surface area contributed by atoms with E-state index in [9.17, 15) is 4.79 Å². The van der Waals surface area contributed by atoms with E-state index in [-0.39, 0.29) is 5.91 Å². The molecule has 0 bridgehead atoms. The average Bonchev–Trinajstić information content (AvgIpc) is 2.42. The van der Waals surface area contributed by atoms with Gasteiger partial charge in [0.25, 0.3) is 5.91 Å².